The van der Waals surface area contributed by atoms with Gasteiger partial charge in [-0.3, -0.25) is 9.59 Å². The molecular weight excluding hydrogens is 664 g/mol. The summed E-state index contributed by atoms with van der Waals surface area (Å²) < 4.78 is 25.2. The van der Waals surface area contributed by atoms with Crippen LogP contribution < -0.4 is 0 Å². The van der Waals surface area contributed by atoms with Crippen LogP contribution in [0.5, 0.6) is 0 Å². The first-order valence-electron chi connectivity index (χ1n) is 18.2. The van der Waals surface area contributed by atoms with Crippen LogP contribution in [0.4, 0.5) is 0 Å². The molecule has 278 valence electrons. The molecule has 2 saturated carbocycles. The fourth-order valence-electron chi connectivity index (χ4n) is 10.0. The molecule has 2 aliphatic carbocycles. The van der Waals surface area contributed by atoms with Crippen LogP contribution in [0.1, 0.15) is 89.7 Å². The zero-order valence-corrected chi connectivity index (χ0v) is 31.3. The minimum atomic E-state index is -2.26. The summed E-state index contributed by atoms with van der Waals surface area (Å²) in [4.78, 5) is 33.7. The maximum Gasteiger partial charge on any atom is 0.303 e. The summed E-state index contributed by atoms with van der Waals surface area (Å²) in [5.74, 6) is -1.43. The number of aromatic nitrogens is 1. The monoisotopic (exact) mass is 714 g/mol. The lowest BCUT2D eigenvalue weighted by Crippen LogP contribution is -2.87. The number of benzene rings is 2. The Kier molecular flexibility index (Phi) is 8.84. The Morgan fingerprint density at radius 3 is 2.25 bits per heavy atom. The molecule has 0 bridgehead atoms. The zero-order chi connectivity index (χ0) is 37.4. The summed E-state index contributed by atoms with van der Waals surface area (Å²) >= 11 is 0. The molecule has 52 heavy (non-hydrogen) atoms. The Morgan fingerprint density at radius 1 is 0.981 bits per heavy atom. The summed E-state index contributed by atoms with van der Waals surface area (Å²) in [5.41, 5.74) is -2.07. The number of hydrogen-bond donors (Lipinski definition) is 2. The van der Waals surface area contributed by atoms with E-state index in [9.17, 15) is 15.0 Å². The predicted molar refractivity (Wildman–Crippen MR) is 191 cm³/mol. The Bertz CT molecular complexity index is 1890. The molecule has 9 atom stereocenters. The lowest BCUT2D eigenvalue weighted by atomic mass is 9.39. The van der Waals surface area contributed by atoms with E-state index in [0.29, 0.717) is 36.4 Å². The normalized spacial score (nSPS) is 36.7. The van der Waals surface area contributed by atoms with Crippen molar-refractivity contribution < 1.29 is 43.4 Å². The van der Waals surface area contributed by atoms with Gasteiger partial charge in [0.25, 0.3) is 0 Å². The number of Topliss-reactive ketones (excluding diaryl/α,β-unsaturated/α-hetero) is 1. The van der Waals surface area contributed by atoms with E-state index in [2.05, 4.69) is 10.3 Å². The minimum absolute atomic E-state index is 0.0182. The summed E-state index contributed by atoms with van der Waals surface area (Å²) in [6.45, 7) is 14.4. The smallest absolute Gasteiger partial charge is 0.303 e. The molecule has 7 rings (SSSR count). The number of ether oxygens (including phenoxy) is 3. The Morgan fingerprint density at radius 2 is 1.62 bits per heavy atom. The molecule has 4 aliphatic rings. The van der Waals surface area contributed by atoms with Crippen molar-refractivity contribution in [2.45, 2.75) is 129 Å². The van der Waals surface area contributed by atoms with Crippen LogP contribution in [0.3, 0.4) is 0 Å². The van der Waals surface area contributed by atoms with Gasteiger partial charge in [0.1, 0.15) is 23.5 Å². The van der Waals surface area contributed by atoms with Gasteiger partial charge in [0.2, 0.25) is 0 Å². The second-order valence-electron chi connectivity index (χ2n) is 16.7. The van der Waals surface area contributed by atoms with E-state index in [1.54, 1.807) is 20.8 Å². The lowest BCUT2D eigenvalue weighted by Gasteiger charge is -2.71. The van der Waals surface area contributed by atoms with Crippen LogP contribution >= 0.6 is 0 Å². The number of nitrogens with zero attached hydrogens (tertiary/aromatic N) is 2. The van der Waals surface area contributed by atoms with Crippen LogP contribution in [0.15, 0.2) is 64.3 Å². The van der Waals surface area contributed by atoms with Gasteiger partial charge >= 0.3 is 5.97 Å². The number of carbonyl (C=O) groups is 2. The van der Waals surface area contributed by atoms with Crippen molar-refractivity contribution in [1.29, 1.82) is 0 Å². The molecule has 1 saturated heterocycles. The van der Waals surface area contributed by atoms with Crippen molar-refractivity contribution in [2.75, 3.05) is 0 Å². The average Bonchev–Trinajstić information content (AvgIpc) is 3.77. The molecule has 3 aromatic rings. The molecule has 0 spiro atoms. The largest absolute Gasteiger partial charge is 0.457 e. The molecule has 0 radical (unpaired) electrons. The Labute approximate surface area is 304 Å². The predicted octanol–water partition coefficient (Wildman–Crippen LogP) is 6.02. The number of ketones is 1. The van der Waals surface area contributed by atoms with Gasteiger partial charge in [0, 0.05) is 42.7 Å². The van der Waals surface area contributed by atoms with Gasteiger partial charge in [-0.15, -0.1) is 0 Å². The molecule has 2 N–H and O–H groups in total. The highest BCUT2D eigenvalue weighted by molar-refractivity contribution is 6.01. The van der Waals surface area contributed by atoms with E-state index in [1.807, 2.05) is 82.3 Å². The van der Waals surface area contributed by atoms with Gasteiger partial charge < -0.3 is 33.8 Å². The molecule has 3 heterocycles. The van der Waals surface area contributed by atoms with Crippen LogP contribution in [0.2, 0.25) is 0 Å². The van der Waals surface area contributed by atoms with Crippen LogP contribution in [0, 0.1) is 30.6 Å². The summed E-state index contributed by atoms with van der Waals surface area (Å²) in [6.07, 6.45) is -2.90. The van der Waals surface area contributed by atoms with Gasteiger partial charge in [0.15, 0.2) is 29.4 Å². The van der Waals surface area contributed by atoms with E-state index < -0.39 is 69.7 Å². The Balaban J connectivity index is 1.24. The number of aliphatic hydroxyl groups is 2. The minimum Gasteiger partial charge on any atom is -0.457 e. The fourth-order valence-corrected chi connectivity index (χ4v) is 10.0. The average molecular weight is 715 g/mol. The molecule has 1 aromatic heterocycles. The SMILES string of the molecule is CC(=O)O[C@H]1[C@@H](O)[C@H]2C(C)(C)CC[C@H](OCc3cc(-c4ccc(C)cc4)no3)[C@]2(C)[C@@]2(O)C(=O)C[C@](C)(C3CC(c4ccc(C)cc4)=NO3)O[C@]12C. The van der Waals surface area contributed by atoms with E-state index >= 15 is 4.79 Å². The second kappa shape index (κ2) is 12.6. The zero-order valence-electron chi connectivity index (χ0n) is 31.3. The van der Waals surface area contributed by atoms with Crippen molar-refractivity contribution in [3.63, 3.8) is 0 Å². The number of carbonyl (C=O) groups excluding carboxylic acids is 2. The molecule has 2 aromatic carbocycles. The lowest BCUT2D eigenvalue weighted by molar-refractivity contribution is -0.384. The van der Waals surface area contributed by atoms with Crippen molar-refractivity contribution in [1.82, 2.24) is 5.16 Å². The Hall–Kier alpha value is -3.90. The first kappa shape index (κ1) is 36.5. The summed E-state index contributed by atoms with van der Waals surface area (Å²) in [7, 11) is 0. The third-order valence-corrected chi connectivity index (χ3v) is 12.6. The number of esters is 1. The van der Waals surface area contributed by atoms with E-state index in [-0.39, 0.29) is 13.0 Å². The second-order valence-corrected chi connectivity index (χ2v) is 16.7. The highest BCUT2D eigenvalue weighted by Crippen LogP contribution is 2.68. The molecule has 2 aliphatic heterocycles. The van der Waals surface area contributed by atoms with Gasteiger partial charge in [-0.25, -0.2) is 0 Å². The molecular formula is C41H50N2O9. The maximum absolute atomic E-state index is 15.0. The number of oxime groups is 1. The van der Waals surface area contributed by atoms with Crippen molar-refractivity contribution >= 4 is 17.5 Å². The summed E-state index contributed by atoms with van der Waals surface area (Å²) in [5, 5.41) is 34.3. The molecule has 11 nitrogen and oxygen atoms in total. The summed E-state index contributed by atoms with van der Waals surface area (Å²) in [6, 6.07) is 17.7. The first-order chi connectivity index (χ1) is 24.4. The van der Waals surface area contributed by atoms with Gasteiger partial charge in [-0.2, -0.15) is 0 Å². The van der Waals surface area contributed by atoms with E-state index in [4.69, 9.17) is 23.6 Å². The third kappa shape index (κ3) is 5.54. The number of hydrogen-bond acceptors (Lipinski definition) is 11. The van der Waals surface area contributed by atoms with Crippen LogP contribution in [0.25, 0.3) is 11.3 Å². The van der Waals surface area contributed by atoms with Gasteiger partial charge in [-0.1, -0.05) is 90.7 Å². The highest BCUT2D eigenvalue weighted by Gasteiger charge is 2.82. The quantitative estimate of drug-likeness (QED) is 0.278. The molecule has 3 fully saturated rings. The number of fused-ring (bicyclic) bond motifs is 3. The number of aliphatic hydroxyl groups excluding tert-OH is 1. The van der Waals surface area contributed by atoms with Crippen molar-refractivity contribution in [3.05, 3.63) is 77.0 Å². The van der Waals surface area contributed by atoms with E-state index in [1.165, 1.54) is 6.92 Å². The van der Waals surface area contributed by atoms with Crippen LogP contribution in [-0.4, -0.2) is 74.1 Å². The van der Waals surface area contributed by atoms with E-state index in [0.717, 1.165) is 22.3 Å². The standard InChI is InChI=1S/C41H50N2O9/c1-23-9-13-26(14-10-23)29-19-28(50-42-29)22-48-32-17-18-37(4,5)35-34(46)36(49-25(3)44)40(8)41(47,39(32,35)7)31(45)21-38(6,52-40)33-20-30(43-51-33)27-15-11-24(2)12-16-27/h9-16,19,32-36,46-47H,17-18,20-22H2,1-8H3/t32-,33?,34-,35-,36-,38+,39-,40+,41-/m0/s1. The number of aryl methyl sites for hydroxylation is 2. The van der Waals surface area contributed by atoms with Gasteiger partial charge in [-0.05, 0) is 51.5 Å². The van der Waals surface area contributed by atoms with Gasteiger partial charge in [0.05, 0.1) is 17.9 Å². The van der Waals surface area contributed by atoms with Crippen molar-refractivity contribution in [3.8, 4) is 11.3 Å². The maximum atomic E-state index is 15.0. The fraction of sp³-hybridized carbons (Fsp3) is 0.561. The molecule has 11 heteroatoms. The third-order valence-electron chi connectivity index (χ3n) is 12.6. The molecule has 1 unspecified atom stereocenters. The highest BCUT2D eigenvalue weighted by atomic mass is 16.7. The van der Waals surface area contributed by atoms with Crippen molar-refractivity contribution in [2.24, 2.45) is 21.9 Å². The molecule has 0 amide bonds. The van der Waals surface area contributed by atoms with Crippen LogP contribution in [-0.2, 0) is 35.2 Å². The first-order valence-corrected chi connectivity index (χ1v) is 18.2. The number of rotatable bonds is 7. The topological polar surface area (TPSA) is 150 Å².